The van der Waals surface area contributed by atoms with E-state index in [1.807, 2.05) is 24.1 Å². The molecule has 1 atom stereocenters. The molecule has 1 aromatic carbocycles. The molecule has 5 heteroatoms. The van der Waals surface area contributed by atoms with Gasteiger partial charge in [0, 0.05) is 44.7 Å². The average Bonchev–Trinajstić information content (AvgIpc) is 2.47. The number of piperidine rings is 1. The van der Waals surface area contributed by atoms with Crippen LogP contribution >= 0.6 is 11.6 Å². The number of halogens is 1. The molecule has 0 spiro atoms. The summed E-state index contributed by atoms with van der Waals surface area (Å²) in [5, 5.41) is 11.0. The van der Waals surface area contributed by atoms with Gasteiger partial charge >= 0.3 is 0 Å². The minimum absolute atomic E-state index is 0.120. The molecule has 21 heavy (non-hydrogen) atoms. The molecule has 0 radical (unpaired) electrons. The Bertz CT molecular complexity index is 470. The number of aliphatic hydroxyl groups excluding tert-OH is 1. The summed E-state index contributed by atoms with van der Waals surface area (Å²) in [6.45, 7) is 4.05. The quantitative estimate of drug-likeness (QED) is 0.928. The molecular formula is C16H23ClN2O2. The van der Waals surface area contributed by atoms with Gasteiger partial charge in [0.05, 0.1) is 6.10 Å². The molecule has 0 saturated carbocycles. The summed E-state index contributed by atoms with van der Waals surface area (Å²) in [6.07, 6.45) is 1.43. The molecule has 1 fully saturated rings. The molecule has 116 valence electrons. The highest BCUT2D eigenvalue weighted by Gasteiger charge is 2.25. The van der Waals surface area contributed by atoms with E-state index >= 15 is 0 Å². The number of amides is 1. The first-order valence-corrected chi connectivity index (χ1v) is 7.74. The zero-order valence-electron chi connectivity index (χ0n) is 12.6. The Kier molecular flexibility index (Phi) is 5.62. The van der Waals surface area contributed by atoms with Crippen LogP contribution in [0.1, 0.15) is 31.4 Å². The average molecular weight is 311 g/mol. The maximum atomic E-state index is 11.4. The fraction of sp³-hybridized carbons (Fsp3) is 0.562. The highest BCUT2D eigenvalue weighted by molar-refractivity contribution is 6.30. The Labute approximate surface area is 131 Å². The molecule has 1 aliphatic rings. The Morgan fingerprint density at radius 3 is 2.48 bits per heavy atom. The molecule has 0 bridgehead atoms. The van der Waals surface area contributed by atoms with Gasteiger partial charge in [-0.2, -0.15) is 0 Å². The van der Waals surface area contributed by atoms with E-state index in [0.717, 1.165) is 31.5 Å². The second-order valence-electron chi connectivity index (χ2n) is 5.73. The Hall–Kier alpha value is -1.10. The second kappa shape index (κ2) is 7.25. The molecular weight excluding hydrogens is 288 g/mol. The standard InChI is InChI=1S/C16H23ClN2O2/c1-12(20)18(2)15-7-9-19(10-8-15)11-16(21)13-3-5-14(17)6-4-13/h3-6,15-16,21H,7-11H2,1-2H3. The van der Waals surface area contributed by atoms with Crippen LogP contribution in [0.3, 0.4) is 0 Å². The van der Waals surface area contributed by atoms with Gasteiger partial charge in [-0.15, -0.1) is 0 Å². The molecule has 1 aliphatic heterocycles. The van der Waals surface area contributed by atoms with Gasteiger partial charge in [0.25, 0.3) is 0 Å². The molecule has 1 heterocycles. The summed E-state index contributed by atoms with van der Waals surface area (Å²) < 4.78 is 0. The lowest BCUT2D eigenvalue weighted by atomic mass is 10.0. The molecule has 1 N–H and O–H groups in total. The SMILES string of the molecule is CC(=O)N(C)C1CCN(CC(O)c2ccc(Cl)cc2)CC1. The predicted molar refractivity (Wildman–Crippen MR) is 84.3 cm³/mol. The smallest absolute Gasteiger partial charge is 0.219 e. The van der Waals surface area contributed by atoms with E-state index in [2.05, 4.69) is 4.90 Å². The Morgan fingerprint density at radius 1 is 1.38 bits per heavy atom. The molecule has 1 unspecified atom stereocenters. The monoisotopic (exact) mass is 310 g/mol. The van der Waals surface area contributed by atoms with E-state index in [4.69, 9.17) is 11.6 Å². The van der Waals surface area contributed by atoms with Crippen LogP contribution < -0.4 is 0 Å². The largest absolute Gasteiger partial charge is 0.387 e. The Morgan fingerprint density at radius 2 is 1.95 bits per heavy atom. The van der Waals surface area contributed by atoms with Gasteiger partial charge in [0.2, 0.25) is 5.91 Å². The fourth-order valence-corrected chi connectivity index (χ4v) is 2.91. The highest BCUT2D eigenvalue weighted by atomic mass is 35.5. The first-order valence-electron chi connectivity index (χ1n) is 7.36. The van der Waals surface area contributed by atoms with E-state index in [-0.39, 0.29) is 5.91 Å². The zero-order chi connectivity index (χ0) is 15.4. The predicted octanol–water partition coefficient (Wildman–Crippen LogP) is 2.32. The van der Waals surface area contributed by atoms with Crippen molar-refractivity contribution in [3.8, 4) is 0 Å². The van der Waals surface area contributed by atoms with Crippen LogP contribution in [0.25, 0.3) is 0 Å². The van der Waals surface area contributed by atoms with Gasteiger partial charge < -0.3 is 14.9 Å². The number of aliphatic hydroxyl groups is 1. The van der Waals surface area contributed by atoms with Gasteiger partial charge in [0.15, 0.2) is 0 Å². The van der Waals surface area contributed by atoms with Gasteiger partial charge in [-0.1, -0.05) is 23.7 Å². The highest BCUT2D eigenvalue weighted by Crippen LogP contribution is 2.21. The summed E-state index contributed by atoms with van der Waals surface area (Å²) in [5.74, 6) is 0.120. The van der Waals surface area contributed by atoms with Crippen molar-refractivity contribution in [1.82, 2.24) is 9.80 Å². The summed E-state index contributed by atoms with van der Waals surface area (Å²) in [4.78, 5) is 15.5. The van der Waals surface area contributed by atoms with Crippen molar-refractivity contribution in [1.29, 1.82) is 0 Å². The number of carbonyl (C=O) groups is 1. The maximum absolute atomic E-state index is 11.4. The number of nitrogens with zero attached hydrogens (tertiary/aromatic N) is 2. The van der Waals surface area contributed by atoms with E-state index in [1.54, 1.807) is 19.1 Å². The van der Waals surface area contributed by atoms with E-state index in [0.29, 0.717) is 17.6 Å². The van der Waals surface area contributed by atoms with Gasteiger partial charge in [-0.25, -0.2) is 0 Å². The summed E-state index contributed by atoms with van der Waals surface area (Å²) >= 11 is 5.86. The maximum Gasteiger partial charge on any atom is 0.219 e. The normalized spacial score (nSPS) is 18.5. The van der Waals surface area contributed by atoms with Crippen molar-refractivity contribution in [3.63, 3.8) is 0 Å². The third-order valence-corrected chi connectivity index (χ3v) is 4.54. The summed E-state index contributed by atoms with van der Waals surface area (Å²) in [5.41, 5.74) is 0.891. The first kappa shape index (κ1) is 16.3. The molecule has 1 saturated heterocycles. The minimum Gasteiger partial charge on any atom is -0.387 e. The van der Waals surface area contributed by atoms with Gasteiger partial charge in [0.1, 0.15) is 0 Å². The number of carbonyl (C=O) groups excluding carboxylic acids is 1. The van der Waals surface area contributed by atoms with Crippen molar-refractivity contribution < 1.29 is 9.90 Å². The second-order valence-corrected chi connectivity index (χ2v) is 6.17. The molecule has 4 nitrogen and oxygen atoms in total. The van der Waals surface area contributed by atoms with Crippen LogP contribution in [0.4, 0.5) is 0 Å². The summed E-state index contributed by atoms with van der Waals surface area (Å²) in [7, 11) is 1.87. The summed E-state index contributed by atoms with van der Waals surface area (Å²) in [6, 6.07) is 7.65. The number of rotatable bonds is 4. The zero-order valence-corrected chi connectivity index (χ0v) is 13.4. The van der Waals surface area contributed by atoms with Crippen LogP contribution in [0.5, 0.6) is 0 Å². The van der Waals surface area contributed by atoms with Crippen molar-refractivity contribution in [2.45, 2.75) is 31.9 Å². The van der Waals surface area contributed by atoms with Gasteiger partial charge in [-0.3, -0.25) is 4.79 Å². The van der Waals surface area contributed by atoms with Crippen LogP contribution in [-0.4, -0.2) is 53.5 Å². The lowest BCUT2D eigenvalue weighted by Crippen LogP contribution is -2.45. The lowest BCUT2D eigenvalue weighted by Gasteiger charge is -2.37. The van der Waals surface area contributed by atoms with Crippen molar-refractivity contribution >= 4 is 17.5 Å². The van der Waals surface area contributed by atoms with E-state index in [9.17, 15) is 9.90 Å². The first-order chi connectivity index (χ1) is 9.97. The van der Waals surface area contributed by atoms with Crippen molar-refractivity contribution in [2.24, 2.45) is 0 Å². The fourth-order valence-electron chi connectivity index (χ4n) is 2.78. The lowest BCUT2D eigenvalue weighted by molar-refractivity contribution is -0.130. The number of β-amino-alcohol motifs (C(OH)–C–C–N with tert-alkyl or cyclic N) is 1. The third kappa shape index (κ3) is 4.43. The van der Waals surface area contributed by atoms with Crippen molar-refractivity contribution in [3.05, 3.63) is 34.9 Å². The molecule has 1 amide bonds. The number of benzene rings is 1. The van der Waals surface area contributed by atoms with Crippen LogP contribution in [0.2, 0.25) is 5.02 Å². The Balaban J connectivity index is 1.83. The molecule has 1 aromatic rings. The van der Waals surface area contributed by atoms with Crippen LogP contribution in [0.15, 0.2) is 24.3 Å². The van der Waals surface area contributed by atoms with E-state index in [1.165, 1.54) is 0 Å². The van der Waals surface area contributed by atoms with Gasteiger partial charge in [-0.05, 0) is 30.5 Å². The number of likely N-dealkylation sites (tertiary alicyclic amines) is 1. The topological polar surface area (TPSA) is 43.8 Å². The molecule has 0 aromatic heterocycles. The van der Waals surface area contributed by atoms with Crippen molar-refractivity contribution in [2.75, 3.05) is 26.7 Å². The van der Waals surface area contributed by atoms with Crippen LogP contribution in [-0.2, 0) is 4.79 Å². The number of hydrogen-bond donors (Lipinski definition) is 1. The molecule has 2 rings (SSSR count). The van der Waals surface area contributed by atoms with E-state index < -0.39 is 6.10 Å². The number of hydrogen-bond acceptors (Lipinski definition) is 3. The molecule has 0 aliphatic carbocycles. The third-order valence-electron chi connectivity index (χ3n) is 4.29. The van der Waals surface area contributed by atoms with Crippen LogP contribution in [0, 0.1) is 0 Å². The minimum atomic E-state index is -0.496.